The minimum atomic E-state index is -0.897. The van der Waals surface area contributed by atoms with E-state index in [2.05, 4.69) is 5.32 Å². The molecule has 0 aromatic heterocycles. The molecular formula is C21H28N2O5. The molecule has 2 aliphatic rings. The maximum Gasteiger partial charge on any atom is 0.308 e. The van der Waals surface area contributed by atoms with Gasteiger partial charge in [0.05, 0.1) is 11.8 Å². The van der Waals surface area contributed by atoms with Crippen LogP contribution in [0.3, 0.4) is 0 Å². The van der Waals surface area contributed by atoms with Crippen molar-refractivity contribution >= 4 is 23.5 Å². The first-order chi connectivity index (χ1) is 13.4. The van der Waals surface area contributed by atoms with Crippen LogP contribution in [0.5, 0.6) is 0 Å². The second-order valence-corrected chi connectivity index (χ2v) is 7.76. The van der Waals surface area contributed by atoms with Gasteiger partial charge in [0.1, 0.15) is 0 Å². The summed E-state index contributed by atoms with van der Waals surface area (Å²) < 4.78 is 5.30. The first-order valence-corrected chi connectivity index (χ1v) is 9.83. The Balaban J connectivity index is 1.61. The third-order valence-corrected chi connectivity index (χ3v) is 6.01. The minimum absolute atomic E-state index is 0.00296. The van der Waals surface area contributed by atoms with Gasteiger partial charge in [-0.3, -0.25) is 14.4 Å². The number of carboxylic acid groups (broad SMARTS) is 1. The number of carbonyl (C=O) groups is 3. The largest absolute Gasteiger partial charge is 0.481 e. The molecule has 2 N–H and O–H groups in total. The molecule has 0 spiro atoms. The number of hydrogen-bond donors (Lipinski definition) is 2. The molecule has 3 rings (SSSR count). The van der Waals surface area contributed by atoms with Crippen molar-refractivity contribution in [2.24, 2.45) is 17.8 Å². The smallest absolute Gasteiger partial charge is 0.308 e. The maximum atomic E-state index is 12.6. The second kappa shape index (κ2) is 8.73. The Morgan fingerprint density at radius 1 is 1.29 bits per heavy atom. The van der Waals surface area contributed by atoms with Gasteiger partial charge in [-0.25, -0.2) is 0 Å². The molecule has 2 heterocycles. The van der Waals surface area contributed by atoms with Crippen molar-refractivity contribution in [1.82, 2.24) is 5.32 Å². The minimum Gasteiger partial charge on any atom is -0.481 e. The molecule has 2 unspecified atom stereocenters. The standard InChI is InChI=1S/C21H28N2O5/c1-13-4-3-5-18(14(13)2)23-12-16(10-19(23)24)20(25)22-11-17(21(26)27)15-6-8-28-9-7-15/h3-5,15-17H,6-12H2,1-2H3,(H,22,25)(H,26,27). The highest BCUT2D eigenvalue weighted by Gasteiger charge is 2.37. The van der Waals surface area contributed by atoms with Gasteiger partial charge in [-0.1, -0.05) is 12.1 Å². The number of nitrogens with zero attached hydrogens (tertiary/aromatic N) is 1. The Hall–Kier alpha value is -2.41. The van der Waals surface area contributed by atoms with Gasteiger partial charge >= 0.3 is 5.97 Å². The molecule has 152 valence electrons. The first-order valence-electron chi connectivity index (χ1n) is 9.83. The predicted molar refractivity (Wildman–Crippen MR) is 104 cm³/mol. The number of ether oxygens (including phenoxy) is 1. The molecule has 2 aliphatic heterocycles. The summed E-state index contributed by atoms with van der Waals surface area (Å²) in [6, 6.07) is 5.79. The lowest BCUT2D eigenvalue weighted by atomic mass is 9.86. The molecule has 1 aromatic rings. The predicted octanol–water partition coefficient (Wildman–Crippen LogP) is 1.90. The average Bonchev–Trinajstić information content (AvgIpc) is 3.06. The van der Waals surface area contributed by atoms with E-state index in [4.69, 9.17) is 4.74 Å². The van der Waals surface area contributed by atoms with Crippen LogP contribution in [0, 0.1) is 31.6 Å². The number of hydrogen-bond acceptors (Lipinski definition) is 4. The van der Waals surface area contributed by atoms with Crippen molar-refractivity contribution < 1.29 is 24.2 Å². The van der Waals surface area contributed by atoms with Crippen molar-refractivity contribution in [3.05, 3.63) is 29.3 Å². The van der Waals surface area contributed by atoms with E-state index in [1.165, 1.54) is 0 Å². The quantitative estimate of drug-likeness (QED) is 0.776. The number of carboxylic acids is 1. The summed E-state index contributed by atoms with van der Waals surface area (Å²) in [4.78, 5) is 38.4. The Morgan fingerprint density at radius 2 is 2.00 bits per heavy atom. The summed E-state index contributed by atoms with van der Waals surface area (Å²) in [6.45, 7) is 5.49. The average molecular weight is 388 g/mol. The van der Waals surface area contributed by atoms with Crippen molar-refractivity contribution in [1.29, 1.82) is 0 Å². The Kier molecular flexibility index (Phi) is 6.34. The number of aliphatic carboxylic acids is 1. The molecule has 0 saturated carbocycles. The lowest BCUT2D eigenvalue weighted by Crippen LogP contribution is -2.41. The Bertz CT molecular complexity index is 757. The molecule has 0 bridgehead atoms. The fourth-order valence-corrected chi connectivity index (χ4v) is 4.07. The van der Waals surface area contributed by atoms with Crippen LogP contribution in [0.4, 0.5) is 5.69 Å². The number of aryl methyl sites for hydroxylation is 1. The highest BCUT2D eigenvalue weighted by Crippen LogP contribution is 2.30. The van der Waals surface area contributed by atoms with Gasteiger partial charge in [-0.05, 0) is 49.8 Å². The van der Waals surface area contributed by atoms with E-state index in [1.54, 1.807) is 4.90 Å². The molecule has 0 radical (unpaired) electrons. The number of rotatable bonds is 6. The van der Waals surface area contributed by atoms with Crippen LogP contribution < -0.4 is 10.2 Å². The van der Waals surface area contributed by atoms with Gasteiger partial charge in [0.2, 0.25) is 11.8 Å². The molecule has 1 aromatic carbocycles. The lowest BCUT2D eigenvalue weighted by Gasteiger charge is -2.28. The molecule has 28 heavy (non-hydrogen) atoms. The van der Waals surface area contributed by atoms with Crippen LogP contribution in [0.1, 0.15) is 30.4 Å². The van der Waals surface area contributed by atoms with E-state index in [-0.39, 0.29) is 30.7 Å². The molecule has 0 aliphatic carbocycles. The zero-order valence-corrected chi connectivity index (χ0v) is 16.4. The number of anilines is 1. The fraction of sp³-hybridized carbons (Fsp3) is 0.571. The van der Waals surface area contributed by atoms with E-state index >= 15 is 0 Å². The van der Waals surface area contributed by atoms with Crippen molar-refractivity contribution in [2.75, 3.05) is 31.2 Å². The van der Waals surface area contributed by atoms with E-state index in [0.717, 1.165) is 16.8 Å². The Morgan fingerprint density at radius 3 is 2.68 bits per heavy atom. The van der Waals surface area contributed by atoms with Crippen LogP contribution in [0.15, 0.2) is 18.2 Å². The summed E-state index contributed by atoms with van der Waals surface area (Å²) >= 11 is 0. The highest BCUT2D eigenvalue weighted by molar-refractivity contribution is 6.01. The van der Waals surface area contributed by atoms with Gasteiger partial charge in [-0.2, -0.15) is 0 Å². The monoisotopic (exact) mass is 388 g/mol. The first kappa shape index (κ1) is 20.3. The van der Waals surface area contributed by atoms with Crippen LogP contribution in [-0.2, 0) is 19.1 Å². The van der Waals surface area contributed by atoms with Crippen molar-refractivity contribution in [3.8, 4) is 0 Å². The van der Waals surface area contributed by atoms with Gasteiger partial charge in [0, 0.05) is 38.4 Å². The van der Waals surface area contributed by atoms with Crippen LogP contribution in [0.2, 0.25) is 0 Å². The van der Waals surface area contributed by atoms with E-state index in [0.29, 0.717) is 32.6 Å². The summed E-state index contributed by atoms with van der Waals surface area (Å²) in [7, 11) is 0. The van der Waals surface area contributed by atoms with Gasteiger partial charge in [0.15, 0.2) is 0 Å². The highest BCUT2D eigenvalue weighted by atomic mass is 16.5. The summed E-state index contributed by atoms with van der Waals surface area (Å²) in [6.07, 6.45) is 1.53. The molecule has 2 saturated heterocycles. The molecule has 7 nitrogen and oxygen atoms in total. The number of carbonyl (C=O) groups excluding carboxylic acids is 2. The van der Waals surface area contributed by atoms with E-state index in [9.17, 15) is 19.5 Å². The van der Waals surface area contributed by atoms with Crippen molar-refractivity contribution in [2.45, 2.75) is 33.1 Å². The molecule has 2 fully saturated rings. The molecular weight excluding hydrogens is 360 g/mol. The zero-order chi connectivity index (χ0) is 20.3. The zero-order valence-electron chi connectivity index (χ0n) is 16.4. The van der Waals surface area contributed by atoms with Gasteiger partial charge in [-0.15, -0.1) is 0 Å². The van der Waals surface area contributed by atoms with Crippen molar-refractivity contribution in [3.63, 3.8) is 0 Å². The fourth-order valence-electron chi connectivity index (χ4n) is 4.07. The van der Waals surface area contributed by atoms with Gasteiger partial charge in [0.25, 0.3) is 0 Å². The van der Waals surface area contributed by atoms with E-state index < -0.39 is 17.8 Å². The third-order valence-electron chi connectivity index (χ3n) is 6.01. The van der Waals surface area contributed by atoms with E-state index in [1.807, 2.05) is 32.0 Å². The van der Waals surface area contributed by atoms with Crippen LogP contribution in [-0.4, -0.2) is 49.2 Å². The number of benzene rings is 1. The summed E-state index contributed by atoms with van der Waals surface area (Å²) in [5.41, 5.74) is 2.97. The lowest BCUT2D eigenvalue weighted by molar-refractivity contribution is -0.145. The normalized spacial score (nSPS) is 21.6. The molecule has 2 atom stereocenters. The van der Waals surface area contributed by atoms with Crippen LogP contribution in [0.25, 0.3) is 0 Å². The topological polar surface area (TPSA) is 95.9 Å². The SMILES string of the molecule is Cc1cccc(N2CC(C(=O)NCC(C(=O)O)C3CCOCC3)CC2=O)c1C. The third kappa shape index (κ3) is 4.35. The Labute approximate surface area is 165 Å². The summed E-state index contributed by atoms with van der Waals surface area (Å²) in [5.74, 6) is -2.31. The second-order valence-electron chi connectivity index (χ2n) is 7.76. The molecule has 2 amide bonds. The molecule has 7 heteroatoms. The van der Waals surface area contributed by atoms with Crippen LogP contribution >= 0.6 is 0 Å². The van der Waals surface area contributed by atoms with Gasteiger partial charge < -0.3 is 20.1 Å². The number of nitrogens with one attached hydrogen (secondary N) is 1. The maximum absolute atomic E-state index is 12.6. The summed E-state index contributed by atoms with van der Waals surface area (Å²) in [5, 5.41) is 12.3. The number of amides is 2.